The molecule has 140 valence electrons. The second-order valence-electron chi connectivity index (χ2n) is 6.38. The fraction of sp³-hybridized carbons (Fsp3) is 0.684. The Hall–Kier alpha value is -1.56. The number of guanidine groups is 1. The van der Waals surface area contributed by atoms with Gasteiger partial charge < -0.3 is 15.5 Å². The topological polar surface area (TPSA) is 56.7 Å². The fourth-order valence-electron chi connectivity index (χ4n) is 3.19. The van der Waals surface area contributed by atoms with E-state index < -0.39 is 0 Å². The normalized spacial score (nSPS) is 16.4. The van der Waals surface area contributed by atoms with E-state index in [2.05, 4.69) is 48.4 Å². The molecule has 2 N–H and O–H groups in total. The molecule has 2 rings (SSSR count). The summed E-state index contributed by atoms with van der Waals surface area (Å²) in [5, 5.41) is 6.73. The maximum Gasteiger partial charge on any atom is 0.222 e. The van der Waals surface area contributed by atoms with Gasteiger partial charge in [-0.2, -0.15) is 0 Å². The number of hydrogen-bond donors (Lipinski definition) is 2. The first-order valence-corrected chi connectivity index (χ1v) is 10.4. The molecule has 25 heavy (non-hydrogen) atoms. The zero-order valence-corrected chi connectivity index (χ0v) is 16.6. The van der Waals surface area contributed by atoms with Crippen molar-refractivity contribution in [3.63, 3.8) is 0 Å². The van der Waals surface area contributed by atoms with Gasteiger partial charge in [0.1, 0.15) is 0 Å². The van der Waals surface area contributed by atoms with Crippen LogP contribution in [0, 0.1) is 0 Å². The van der Waals surface area contributed by atoms with Gasteiger partial charge in [-0.25, -0.2) is 4.99 Å². The molecule has 1 aliphatic heterocycles. The van der Waals surface area contributed by atoms with E-state index in [4.69, 9.17) is 4.99 Å². The van der Waals surface area contributed by atoms with Crippen molar-refractivity contribution in [2.45, 2.75) is 65.5 Å². The quantitative estimate of drug-likeness (QED) is 0.523. The number of carbonyl (C=O) groups is 1. The summed E-state index contributed by atoms with van der Waals surface area (Å²) in [7, 11) is 0. The van der Waals surface area contributed by atoms with Gasteiger partial charge in [0, 0.05) is 41.9 Å². The first kappa shape index (κ1) is 19.8. The number of nitrogens with one attached hydrogen (secondary N) is 2. The minimum atomic E-state index is 0.317. The lowest BCUT2D eigenvalue weighted by Crippen LogP contribution is -2.42. The number of hydrogen-bond acceptors (Lipinski definition) is 3. The van der Waals surface area contributed by atoms with E-state index in [9.17, 15) is 4.79 Å². The van der Waals surface area contributed by atoms with Gasteiger partial charge in [-0.05, 0) is 44.7 Å². The lowest BCUT2D eigenvalue weighted by atomic mass is 10.1. The van der Waals surface area contributed by atoms with Gasteiger partial charge in [-0.1, -0.05) is 13.8 Å². The SMILES string of the molecule is CCNC(=NCc1ccc(CC)s1)NCCC(CC)N1CCCC1=O. The van der Waals surface area contributed by atoms with Crippen molar-refractivity contribution in [2.75, 3.05) is 19.6 Å². The van der Waals surface area contributed by atoms with E-state index in [1.807, 2.05) is 11.3 Å². The first-order chi connectivity index (χ1) is 12.2. The van der Waals surface area contributed by atoms with Gasteiger partial charge >= 0.3 is 0 Å². The summed E-state index contributed by atoms with van der Waals surface area (Å²) in [6.45, 7) is 9.73. The van der Waals surface area contributed by atoms with Crippen molar-refractivity contribution < 1.29 is 4.79 Å². The third-order valence-electron chi connectivity index (χ3n) is 4.60. The Kier molecular flexibility index (Phi) is 8.25. The lowest BCUT2D eigenvalue weighted by Gasteiger charge is -2.27. The molecular weight excluding hydrogens is 332 g/mol. The highest BCUT2D eigenvalue weighted by molar-refractivity contribution is 7.11. The van der Waals surface area contributed by atoms with Crippen LogP contribution in [0.2, 0.25) is 0 Å². The number of thiophene rings is 1. The molecule has 1 aromatic rings. The number of carbonyl (C=O) groups excluding carboxylic acids is 1. The summed E-state index contributed by atoms with van der Waals surface area (Å²) in [6, 6.07) is 4.70. The average molecular weight is 365 g/mol. The number of rotatable bonds is 9. The van der Waals surface area contributed by atoms with Gasteiger partial charge in [0.2, 0.25) is 5.91 Å². The van der Waals surface area contributed by atoms with Crippen molar-refractivity contribution in [1.29, 1.82) is 0 Å². The Morgan fingerprint density at radius 1 is 1.28 bits per heavy atom. The Morgan fingerprint density at radius 3 is 2.68 bits per heavy atom. The molecule has 2 heterocycles. The van der Waals surface area contributed by atoms with Crippen molar-refractivity contribution in [3.8, 4) is 0 Å². The molecule has 6 heteroatoms. The van der Waals surface area contributed by atoms with Crippen LogP contribution in [0.1, 0.15) is 56.2 Å². The van der Waals surface area contributed by atoms with Crippen LogP contribution in [-0.2, 0) is 17.8 Å². The van der Waals surface area contributed by atoms with Crippen molar-refractivity contribution >= 4 is 23.2 Å². The molecule has 1 unspecified atom stereocenters. The zero-order valence-electron chi connectivity index (χ0n) is 15.8. The largest absolute Gasteiger partial charge is 0.357 e. The maximum absolute atomic E-state index is 11.9. The van der Waals surface area contributed by atoms with Crippen LogP contribution in [0.3, 0.4) is 0 Å². The Labute approximate surface area is 155 Å². The second-order valence-corrected chi connectivity index (χ2v) is 7.64. The van der Waals surface area contributed by atoms with Gasteiger partial charge in [0.15, 0.2) is 5.96 Å². The standard InChI is InChI=1S/C19H32N4OS/c1-4-15(23-13-7-8-18(23)24)11-12-21-19(20-6-3)22-14-17-10-9-16(5-2)25-17/h9-10,15H,4-8,11-14H2,1-3H3,(H2,20,21,22). The molecule has 0 aromatic carbocycles. The van der Waals surface area contributed by atoms with Crippen LogP contribution < -0.4 is 10.6 Å². The minimum Gasteiger partial charge on any atom is -0.357 e. The summed E-state index contributed by atoms with van der Waals surface area (Å²) in [5.74, 6) is 1.17. The van der Waals surface area contributed by atoms with Crippen molar-refractivity contribution in [3.05, 3.63) is 21.9 Å². The summed E-state index contributed by atoms with van der Waals surface area (Å²) >= 11 is 1.84. The van der Waals surface area contributed by atoms with Gasteiger partial charge in [0.25, 0.3) is 0 Å². The molecule has 1 fully saturated rings. The molecule has 1 aromatic heterocycles. The summed E-state index contributed by atoms with van der Waals surface area (Å²) in [6.07, 6.45) is 4.78. The van der Waals surface area contributed by atoms with Crippen LogP contribution in [0.5, 0.6) is 0 Å². The van der Waals surface area contributed by atoms with Crippen molar-refractivity contribution in [1.82, 2.24) is 15.5 Å². The van der Waals surface area contributed by atoms with Gasteiger partial charge in [-0.3, -0.25) is 4.79 Å². The predicted octanol–water partition coefficient (Wildman–Crippen LogP) is 3.16. The fourth-order valence-corrected chi connectivity index (χ4v) is 4.07. The van der Waals surface area contributed by atoms with Crippen LogP contribution in [0.15, 0.2) is 17.1 Å². The van der Waals surface area contributed by atoms with E-state index in [1.165, 1.54) is 9.75 Å². The highest BCUT2D eigenvalue weighted by atomic mass is 32.1. The van der Waals surface area contributed by atoms with Crippen molar-refractivity contribution in [2.24, 2.45) is 4.99 Å². The third-order valence-corrected chi connectivity index (χ3v) is 5.81. The lowest BCUT2D eigenvalue weighted by molar-refractivity contribution is -0.129. The van der Waals surface area contributed by atoms with Gasteiger partial charge in [-0.15, -0.1) is 11.3 Å². The minimum absolute atomic E-state index is 0.317. The molecule has 1 amide bonds. The molecule has 1 aliphatic rings. The summed E-state index contributed by atoms with van der Waals surface area (Å²) < 4.78 is 0. The molecule has 1 saturated heterocycles. The second kappa shape index (κ2) is 10.4. The maximum atomic E-state index is 11.9. The molecule has 0 spiro atoms. The number of aryl methyl sites for hydroxylation is 1. The predicted molar refractivity (Wildman–Crippen MR) is 106 cm³/mol. The highest BCUT2D eigenvalue weighted by Gasteiger charge is 2.26. The number of aliphatic imine (C=N–C) groups is 1. The number of amides is 1. The van der Waals surface area contributed by atoms with Crippen LogP contribution in [-0.4, -0.2) is 42.4 Å². The Morgan fingerprint density at radius 2 is 2.08 bits per heavy atom. The molecule has 1 atom stereocenters. The van der Waals surface area contributed by atoms with E-state index in [1.54, 1.807) is 0 Å². The molecule has 0 aliphatic carbocycles. The van der Waals surface area contributed by atoms with E-state index in [0.717, 1.165) is 51.3 Å². The van der Waals surface area contributed by atoms with Crippen LogP contribution in [0.4, 0.5) is 0 Å². The van der Waals surface area contributed by atoms with E-state index in [-0.39, 0.29) is 0 Å². The first-order valence-electron chi connectivity index (χ1n) is 9.57. The molecule has 5 nitrogen and oxygen atoms in total. The van der Waals surface area contributed by atoms with E-state index in [0.29, 0.717) is 24.9 Å². The molecule has 0 bridgehead atoms. The summed E-state index contributed by atoms with van der Waals surface area (Å²) in [5.41, 5.74) is 0. The third kappa shape index (κ3) is 6.03. The smallest absolute Gasteiger partial charge is 0.222 e. The Balaban J connectivity index is 1.83. The van der Waals surface area contributed by atoms with Gasteiger partial charge in [0.05, 0.1) is 6.54 Å². The monoisotopic (exact) mass is 364 g/mol. The molecule has 0 saturated carbocycles. The van der Waals surface area contributed by atoms with Crippen LogP contribution >= 0.6 is 11.3 Å². The molecule has 0 radical (unpaired) electrons. The number of nitrogens with zero attached hydrogens (tertiary/aromatic N) is 2. The molecular formula is C19H32N4OS. The van der Waals surface area contributed by atoms with E-state index >= 15 is 0 Å². The van der Waals surface area contributed by atoms with Crippen LogP contribution in [0.25, 0.3) is 0 Å². The summed E-state index contributed by atoms with van der Waals surface area (Å²) in [4.78, 5) is 21.4. The zero-order chi connectivity index (χ0) is 18.1. The highest BCUT2D eigenvalue weighted by Crippen LogP contribution is 2.18. The Bertz CT molecular complexity index is 570. The number of likely N-dealkylation sites (tertiary alicyclic amines) is 1. The average Bonchev–Trinajstić information content (AvgIpc) is 3.25.